The molecule has 0 saturated heterocycles. The first kappa shape index (κ1) is 12.1. The van der Waals surface area contributed by atoms with Crippen molar-refractivity contribution in [3.63, 3.8) is 0 Å². The Labute approximate surface area is 90.8 Å². The Morgan fingerprint density at radius 3 is 2.73 bits per heavy atom. The molecule has 0 atom stereocenters. The summed E-state index contributed by atoms with van der Waals surface area (Å²) < 4.78 is 7.47. The Balaban J connectivity index is 2.10. The summed E-state index contributed by atoms with van der Waals surface area (Å²) in [7, 11) is 1.93. The van der Waals surface area contributed by atoms with Crippen LogP contribution in [-0.4, -0.2) is 33.5 Å². The molecule has 0 aliphatic rings. The SMILES string of the molecule is Cn1cnnc1CNCCOC(C)(C)C. The number of nitrogens with zero attached hydrogens (tertiary/aromatic N) is 3. The van der Waals surface area contributed by atoms with Gasteiger partial charge in [0.1, 0.15) is 12.2 Å². The van der Waals surface area contributed by atoms with Crippen LogP contribution in [0.4, 0.5) is 0 Å². The third kappa shape index (κ3) is 4.90. The minimum atomic E-state index is -0.0630. The van der Waals surface area contributed by atoms with E-state index in [-0.39, 0.29) is 5.60 Å². The van der Waals surface area contributed by atoms with Gasteiger partial charge in [0.05, 0.1) is 18.8 Å². The molecule has 0 spiro atoms. The molecule has 0 amide bonds. The van der Waals surface area contributed by atoms with Crippen LogP contribution in [0.25, 0.3) is 0 Å². The Hall–Kier alpha value is -0.940. The Morgan fingerprint density at radius 1 is 1.47 bits per heavy atom. The molecule has 0 aliphatic heterocycles. The monoisotopic (exact) mass is 212 g/mol. The summed E-state index contributed by atoms with van der Waals surface area (Å²) in [5, 5.41) is 11.0. The van der Waals surface area contributed by atoms with E-state index in [1.54, 1.807) is 6.33 Å². The van der Waals surface area contributed by atoms with E-state index >= 15 is 0 Å². The first-order valence-electron chi connectivity index (χ1n) is 5.16. The molecule has 1 N–H and O–H groups in total. The molecule has 15 heavy (non-hydrogen) atoms. The molecule has 0 bridgehead atoms. The van der Waals surface area contributed by atoms with Gasteiger partial charge in [-0.05, 0) is 20.8 Å². The minimum Gasteiger partial charge on any atom is -0.375 e. The van der Waals surface area contributed by atoms with Crippen LogP contribution >= 0.6 is 0 Å². The molecule has 5 nitrogen and oxygen atoms in total. The summed E-state index contributed by atoms with van der Waals surface area (Å²) >= 11 is 0. The average Bonchev–Trinajstić information content (AvgIpc) is 2.49. The van der Waals surface area contributed by atoms with Crippen molar-refractivity contribution in [1.82, 2.24) is 20.1 Å². The van der Waals surface area contributed by atoms with Gasteiger partial charge in [-0.1, -0.05) is 0 Å². The van der Waals surface area contributed by atoms with Gasteiger partial charge in [0.15, 0.2) is 0 Å². The van der Waals surface area contributed by atoms with Crippen LogP contribution in [0.2, 0.25) is 0 Å². The second kappa shape index (κ2) is 5.23. The van der Waals surface area contributed by atoms with Gasteiger partial charge in [-0.25, -0.2) is 0 Å². The lowest BCUT2D eigenvalue weighted by atomic mass is 10.2. The third-order valence-corrected chi connectivity index (χ3v) is 1.90. The molecular weight excluding hydrogens is 192 g/mol. The normalized spacial score (nSPS) is 12.0. The molecule has 1 heterocycles. The summed E-state index contributed by atoms with van der Waals surface area (Å²) in [6.45, 7) is 8.41. The lowest BCUT2D eigenvalue weighted by Gasteiger charge is -2.19. The number of hydrogen-bond acceptors (Lipinski definition) is 4. The van der Waals surface area contributed by atoms with Crippen LogP contribution < -0.4 is 5.32 Å². The van der Waals surface area contributed by atoms with Crippen molar-refractivity contribution in [3.05, 3.63) is 12.2 Å². The first-order chi connectivity index (χ1) is 6.99. The molecule has 0 fully saturated rings. The van der Waals surface area contributed by atoms with E-state index in [0.29, 0.717) is 6.61 Å². The van der Waals surface area contributed by atoms with Crippen molar-refractivity contribution >= 4 is 0 Å². The van der Waals surface area contributed by atoms with Gasteiger partial charge in [-0.3, -0.25) is 0 Å². The molecule has 0 saturated carbocycles. The predicted octanol–water partition coefficient (Wildman–Crippen LogP) is 0.720. The van der Waals surface area contributed by atoms with Crippen LogP contribution in [0.1, 0.15) is 26.6 Å². The topological polar surface area (TPSA) is 52.0 Å². The quantitative estimate of drug-likeness (QED) is 0.731. The molecule has 0 unspecified atom stereocenters. The van der Waals surface area contributed by atoms with Crippen molar-refractivity contribution in [2.45, 2.75) is 32.9 Å². The number of ether oxygens (including phenoxy) is 1. The Morgan fingerprint density at radius 2 is 2.20 bits per heavy atom. The van der Waals surface area contributed by atoms with Crippen molar-refractivity contribution in [3.8, 4) is 0 Å². The molecule has 1 rings (SSSR count). The zero-order valence-electron chi connectivity index (χ0n) is 9.95. The van der Waals surface area contributed by atoms with Gasteiger partial charge in [0.2, 0.25) is 0 Å². The summed E-state index contributed by atoms with van der Waals surface area (Å²) in [4.78, 5) is 0. The molecule has 0 aliphatic carbocycles. The highest BCUT2D eigenvalue weighted by Gasteiger charge is 2.08. The smallest absolute Gasteiger partial charge is 0.146 e. The highest BCUT2D eigenvalue weighted by Crippen LogP contribution is 2.05. The number of hydrogen-bond donors (Lipinski definition) is 1. The molecule has 1 aromatic rings. The molecule has 5 heteroatoms. The first-order valence-corrected chi connectivity index (χ1v) is 5.16. The predicted molar refractivity (Wildman–Crippen MR) is 58.4 cm³/mol. The zero-order valence-corrected chi connectivity index (χ0v) is 9.95. The Bertz CT molecular complexity index is 290. The summed E-state index contributed by atoms with van der Waals surface area (Å²) in [6.07, 6.45) is 1.70. The van der Waals surface area contributed by atoms with Crippen molar-refractivity contribution < 1.29 is 4.74 Å². The van der Waals surface area contributed by atoms with E-state index in [0.717, 1.165) is 18.9 Å². The van der Waals surface area contributed by atoms with Crippen LogP contribution in [0.5, 0.6) is 0 Å². The van der Waals surface area contributed by atoms with Gasteiger partial charge in [0, 0.05) is 13.6 Å². The lowest BCUT2D eigenvalue weighted by Crippen LogP contribution is -2.27. The van der Waals surface area contributed by atoms with E-state index in [1.165, 1.54) is 0 Å². The maximum atomic E-state index is 5.57. The molecule has 0 radical (unpaired) electrons. The highest BCUT2D eigenvalue weighted by molar-refractivity contribution is 4.82. The van der Waals surface area contributed by atoms with Gasteiger partial charge < -0.3 is 14.6 Å². The molecule has 1 aromatic heterocycles. The van der Waals surface area contributed by atoms with Crippen molar-refractivity contribution in [2.75, 3.05) is 13.2 Å². The summed E-state index contributed by atoms with van der Waals surface area (Å²) in [5.41, 5.74) is -0.0630. The third-order valence-electron chi connectivity index (χ3n) is 1.90. The van der Waals surface area contributed by atoms with Gasteiger partial charge in [-0.15, -0.1) is 10.2 Å². The summed E-state index contributed by atoms with van der Waals surface area (Å²) in [6, 6.07) is 0. The van der Waals surface area contributed by atoms with E-state index in [2.05, 4.69) is 36.3 Å². The lowest BCUT2D eigenvalue weighted by molar-refractivity contribution is -0.000943. The van der Waals surface area contributed by atoms with Crippen LogP contribution in [0, 0.1) is 0 Å². The van der Waals surface area contributed by atoms with E-state index < -0.39 is 0 Å². The fourth-order valence-corrected chi connectivity index (χ4v) is 1.10. The van der Waals surface area contributed by atoms with Crippen LogP contribution in [-0.2, 0) is 18.3 Å². The standard InChI is InChI=1S/C10H20N4O/c1-10(2,3)15-6-5-11-7-9-13-12-8-14(9)4/h8,11H,5-7H2,1-4H3. The minimum absolute atomic E-state index is 0.0630. The largest absolute Gasteiger partial charge is 0.375 e. The fraction of sp³-hybridized carbons (Fsp3) is 0.800. The zero-order chi connectivity index (χ0) is 11.3. The van der Waals surface area contributed by atoms with E-state index in [9.17, 15) is 0 Å². The van der Waals surface area contributed by atoms with Crippen LogP contribution in [0.15, 0.2) is 6.33 Å². The Kier molecular flexibility index (Phi) is 4.23. The van der Waals surface area contributed by atoms with E-state index in [4.69, 9.17) is 4.74 Å². The van der Waals surface area contributed by atoms with Crippen LogP contribution in [0.3, 0.4) is 0 Å². The van der Waals surface area contributed by atoms with Gasteiger partial charge in [0.25, 0.3) is 0 Å². The van der Waals surface area contributed by atoms with Gasteiger partial charge in [-0.2, -0.15) is 0 Å². The fourth-order valence-electron chi connectivity index (χ4n) is 1.10. The maximum absolute atomic E-state index is 5.57. The molecular formula is C10H20N4O. The maximum Gasteiger partial charge on any atom is 0.146 e. The van der Waals surface area contributed by atoms with Gasteiger partial charge >= 0.3 is 0 Å². The van der Waals surface area contributed by atoms with E-state index in [1.807, 2.05) is 11.6 Å². The number of aryl methyl sites for hydroxylation is 1. The number of nitrogens with one attached hydrogen (secondary N) is 1. The summed E-state index contributed by atoms with van der Waals surface area (Å²) in [5.74, 6) is 0.936. The second-order valence-electron chi connectivity index (χ2n) is 4.50. The number of rotatable bonds is 5. The average molecular weight is 212 g/mol. The number of aromatic nitrogens is 3. The second-order valence-corrected chi connectivity index (χ2v) is 4.50. The highest BCUT2D eigenvalue weighted by atomic mass is 16.5. The molecule has 0 aromatic carbocycles. The van der Waals surface area contributed by atoms with Crippen molar-refractivity contribution in [2.24, 2.45) is 7.05 Å². The van der Waals surface area contributed by atoms with Crippen molar-refractivity contribution in [1.29, 1.82) is 0 Å². The molecule has 86 valence electrons.